The number of carbonyl (C=O) groups excluding carboxylic acids is 2. The van der Waals surface area contributed by atoms with E-state index in [1.165, 1.54) is 24.3 Å². The van der Waals surface area contributed by atoms with Gasteiger partial charge in [-0.3, -0.25) is 14.5 Å². The molecule has 1 saturated heterocycles. The van der Waals surface area contributed by atoms with Gasteiger partial charge in [-0.2, -0.15) is 5.26 Å². The normalized spacial score (nSPS) is 14.3. The molecule has 0 aromatic heterocycles. The molecular formula is C21H19Cl2FN4O2. The Kier molecular flexibility index (Phi) is 7.27. The van der Waals surface area contributed by atoms with Crippen molar-refractivity contribution in [2.45, 2.75) is 6.42 Å². The maximum atomic E-state index is 13.9. The number of carbonyl (C=O) groups is 2. The van der Waals surface area contributed by atoms with Crippen LogP contribution in [-0.2, 0) is 4.79 Å². The zero-order valence-corrected chi connectivity index (χ0v) is 17.5. The molecule has 156 valence electrons. The minimum absolute atomic E-state index is 0.0311. The van der Waals surface area contributed by atoms with Crippen LogP contribution in [0.5, 0.6) is 0 Å². The van der Waals surface area contributed by atoms with Crippen LogP contribution < -0.4 is 5.32 Å². The lowest BCUT2D eigenvalue weighted by molar-refractivity contribution is -0.116. The fourth-order valence-corrected chi connectivity index (χ4v) is 3.57. The first-order valence-corrected chi connectivity index (χ1v) is 10.1. The van der Waals surface area contributed by atoms with E-state index in [9.17, 15) is 14.0 Å². The van der Waals surface area contributed by atoms with Gasteiger partial charge in [0.05, 0.1) is 16.1 Å². The van der Waals surface area contributed by atoms with Crippen LogP contribution >= 0.6 is 23.2 Å². The Balaban J connectivity index is 1.46. The molecule has 1 N–H and O–H groups in total. The number of anilines is 1. The monoisotopic (exact) mass is 448 g/mol. The highest BCUT2D eigenvalue weighted by molar-refractivity contribution is 6.32. The van der Waals surface area contributed by atoms with Gasteiger partial charge in [0.1, 0.15) is 11.9 Å². The van der Waals surface area contributed by atoms with E-state index in [-0.39, 0.29) is 28.8 Å². The largest absolute Gasteiger partial charge is 0.336 e. The van der Waals surface area contributed by atoms with Crippen molar-refractivity contribution in [2.75, 3.05) is 38.0 Å². The lowest BCUT2D eigenvalue weighted by atomic mass is 10.1. The predicted molar refractivity (Wildman–Crippen MR) is 113 cm³/mol. The Bertz CT molecular complexity index is 1000. The van der Waals surface area contributed by atoms with Gasteiger partial charge >= 0.3 is 0 Å². The molecule has 1 heterocycles. The summed E-state index contributed by atoms with van der Waals surface area (Å²) in [5.74, 6) is -1.15. The average molecular weight is 449 g/mol. The number of nitrogens with one attached hydrogen (secondary N) is 1. The lowest BCUT2D eigenvalue weighted by Gasteiger charge is -2.34. The second-order valence-corrected chi connectivity index (χ2v) is 7.71. The summed E-state index contributed by atoms with van der Waals surface area (Å²) in [5.41, 5.74) is 0.846. The van der Waals surface area contributed by atoms with Crippen LogP contribution in [0, 0.1) is 17.1 Å². The summed E-state index contributed by atoms with van der Waals surface area (Å²) in [6, 6.07) is 10.6. The van der Waals surface area contributed by atoms with Crippen LogP contribution in [0.3, 0.4) is 0 Å². The van der Waals surface area contributed by atoms with E-state index in [0.717, 1.165) is 0 Å². The Morgan fingerprint density at radius 3 is 2.50 bits per heavy atom. The highest BCUT2D eigenvalue weighted by Gasteiger charge is 2.24. The molecule has 0 spiro atoms. The fraction of sp³-hybridized carbons (Fsp3) is 0.286. The van der Waals surface area contributed by atoms with Gasteiger partial charge in [0.15, 0.2) is 0 Å². The average Bonchev–Trinajstić information content (AvgIpc) is 2.74. The van der Waals surface area contributed by atoms with Crippen molar-refractivity contribution in [3.63, 3.8) is 0 Å². The summed E-state index contributed by atoms with van der Waals surface area (Å²) in [7, 11) is 0. The van der Waals surface area contributed by atoms with Crippen molar-refractivity contribution in [3.8, 4) is 6.07 Å². The molecule has 0 saturated carbocycles. The van der Waals surface area contributed by atoms with Crippen LogP contribution in [0.4, 0.5) is 10.1 Å². The molecule has 0 bridgehead atoms. The first-order chi connectivity index (χ1) is 14.4. The number of piperazine rings is 1. The number of nitrogens with zero attached hydrogens (tertiary/aromatic N) is 3. The van der Waals surface area contributed by atoms with E-state index in [1.807, 2.05) is 6.07 Å². The molecule has 6 nitrogen and oxygen atoms in total. The SMILES string of the molecule is N#Cc1ccc(NC(=O)CCN2CCN(C(=O)c3cc(Cl)ccc3F)CC2)cc1Cl. The third kappa shape index (κ3) is 5.48. The molecule has 2 aromatic carbocycles. The highest BCUT2D eigenvalue weighted by Crippen LogP contribution is 2.21. The minimum Gasteiger partial charge on any atom is -0.336 e. The summed E-state index contributed by atoms with van der Waals surface area (Å²) < 4.78 is 13.9. The molecule has 30 heavy (non-hydrogen) atoms. The second-order valence-electron chi connectivity index (χ2n) is 6.86. The smallest absolute Gasteiger partial charge is 0.256 e. The number of hydrogen-bond donors (Lipinski definition) is 1. The molecule has 0 atom stereocenters. The van der Waals surface area contributed by atoms with Crippen LogP contribution in [-0.4, -0.2) is 54.3 Å². The van der Waals surface area contributed by atoms with Gasteiger partial charge in [0.2, 0.25) is 5.91 Å². The van der Waals surface area contributed by atoms with E-state index in [1.54, 1.807) is 17.0 Å². The molecular weight excluding hydrogens is 430 g/mol. The van der Waals surface area contributed by atoms with Crippen LogP contribution in [0.2, 0.25) is 10.0 Å². The number of amides is 2. The number of halogens is 3. The van der Waals surface area contributed by atoms with E-state index in [0.29, 0.717) is 49.0 Å². The number of hydrogen-bond acceptors (Lipinski definition) is 4. The topological polar surface area (TPSA) is 76.4 Å². The second kappa shape index (κ2) is 9.90. The first kappa shape index (κ1) is 22.0. The maximum Gasteiger partial charge on any atom is 0.256 e. The van der Waals surface area contributed by atoms with Gasteiger partial charge in [-0.05, 0) is 36.4 Å². The van der Waals surface area contributed by atoms with Gasteiger partial charge in [-0.1, -0.05) is 23.2 Å². The lowest BCUT2D eigenvalue weighted by Crippen LogP contribution is -2.49. The molecule has 0 aliphatic carbocycles. The molecule has 2 amide bonds. The molecule has 0 unspecified atom stereocenters. The summed E-state index contributed by atoms with van der Waals surface area (Å²) in [6.45, 7) is 2.59. The zero-order chi connectivity index (χ0) is 21.7. The maximum absolute atomic E-state index is 13.9. The van der Waals surface area contributed by atoms with Gasteiger partial charge in [0.25, 0.3) is 5.91 Å². The van der Waals surface area contributed by atoms with Gasteiger partial charge in [-0.25, -0.2) is 4.39 Å². The van der Waals surface area contributed by atoms with Crippen molar-refractivity contribution in [2.24, 2.45) is 0 Å². The molecule has 9 heteroatoms. The molecule has 1 aliphatic heterocycles. The van der Waals surface area contributed by atoms with Crippen molar-refractivity contribution in [1.29, 1.82) is 5.26 Å². The Hall–Kier alpha value is -2.66. The first-order valence-electron chi connectivity index (χ1n) is 9.33. The highest BCUT2D eigenvalue weighted by atomic mass is 35.5. The van der Waals surface area contributed by atoms with E-state index in [4.69, 9.17) is 28.5 Å². The van der Waals surface area contributed by atoms with E-state index >= 15 is 0 Å². The van der Waals surface area contributed by atoms with Gasteiger partial charge in [-0.15, -0.1) is 0 Å². The zero-order valence-electron chi connectivity index (χ0n) is 16.0. The molecule has 0 radical (unpaired) electrons. The molecule has 1 fully saturated rings. The predicted octanol–water partition coefficient (Wildman–Crippen LogP) is 3.79. The minimum atomic E-state index is -0.591. The van der Waals surface area contributed by atoms with Crippen molar-refractivity contribution < 1.29 is 14.0 Å². The number of rotatable bonds is 5. The van der Waals surface area contributed by atoms with E-state index < -0.39 is 5.82 Å². The van der Waals surface area contributed by atoms with Gasteiger partial charge < -0.3 is 10.2 Å². The van der Waals surface area contributed by atoms with Gasteiger partial charge in [0, 0.05) is 49.9 Å². The molecule has 3 rings (SSSR count). The summed E-state index contributed by atoms with van der Waals surface area (Å²) in [6.07, 6.45) is 0.272. The van der Waals surface area contributed by atoms with Crippen molar-refractivity contribution in [3.05, 3.63) is 63.4 Å². The van der Waals surface area contributed by atoms with Crippen LogP contribution in [0.15, 0.2) is 36.4 Å². The summed E-state index contributed by atoms with van der Waals surface area (Å²) >= 11 is 11.8. The Morgan fingerprint density at radius 2 is 1.83 bits per heavy atom. The number of nitriles is 1. The Morgan fingerprint density at radius 1 is 1.10 bits per heavy atom. The van der Waals surface area contributed by atoms with E-state index in [2.05, 4.69) is 10.2 Å². The molecule has 1 aliphatic rings. The van der Waals surface area contributed by atoms with Crippen LogP contribution in [0.1, 0.15) is 22.3 Å². The summed E-state index contributed by atoms with van der Waals surface area (Å²) in [5, 5.41) is 12.2. The fourth-order valence-electron chi connectivity index (χ4n) is 3.17. The third-order valence-corrected chi connectivity index (χ3v) is 5.39. The quantitative estimate of drug-likeness (QED) is 0.754. The van der Waals surface area contributed by atoms with Crippen molar-refractivity contribution in [1.82, 2.24) is 9.80 Å². The van der Waals surface area contributed by atoms with Crippen molar-refractivity contribution >= 4 is 40.7 Å². The standard InChI is InChI=1S/C21H19Cl2FN4O2/c22-15-2-4-19(24)17(11-15)21(30)28-9-7-27(8-10-28)6-5-20(29)26-16-3-1-14(13-25)18(23)12-16/h1-4,11-12H,5-10H2,(H,26,29). The number of benzene rings is 2. The van der Waals surface area contributed by atoms with Crippen LogP contribution in [0.25, 0.3) is 0 Å². The Labute approximate surface area is 183 Å². The molecule has 2 aromatic rings. The summed E-state index contributed by atoms with van der Waals surface area (Å²) in [4.78, 5) is 28.4. The third-order valence-electron chi connectivity index (χ3n) is 4.85.